The number of aromatic nitrogens is 3. The SMILES string of the molecule is CC(Nc1nccn1-c1ccccc1)c1nccs1. The summed E-state index contributed by atoms with van der Waals surface area (Å²) in [4.78, 5) is 8.69. The molecule has 3 rings (SSSR count). The molecule has 2 aromatic heterocycles. The normalized spacial score (nSPS) is 12.3. The minimum absolute atomic E-state index is 0.143. The Morgan fingerprint density at radius 3 is 2.74 bits per heavy atom. The quantitative estimate of drug-likeness (QED) is 0.789. The summed E-state index contributed by atoms with van der Waals surface area (Å²) in [6.45, 7) is 2.09. The van der Waals surface area contributed by atoms with Crippen LogP contribution in [0.15, 0.2) is 54.3 Å². The highest BCUT2D eigenvalue weighted by Crippen LogP contribution is 2.21. The van der Waals surface area contributed by atoms with Gasteiger partial charge in [-0.15, -0.1) is 11.3 Å². The van der Waals surface area contributed by atoms with Crippen LogP contribution in [-0.4, -0.2) is 14.5 Å². The van der Waals surface area contributed by atoms with Crippen molar-refractivity contribution in [3.8, 4) is 5.69 Å². The number of thiazole rings is 1. The van der Waals surface area contributed by atoms with Crippen LogP contribution in [0.25, 0.3) is 5.69 Å². The first kappa shape index (κ1) is 11.9. The monoisotopic (exact) mass is 270 g/mol. The molecule has 0 saturated heterocycles. The molecular weight excluding hydrogens is 256 g/mol. The van der Waals surface area contributed by atoms with Gasteiger partial charge in [-0.05, 0) is 19.1 Å². The van der Waals surface area contributed by atoms with Gasteiger partial charge < -0.3 is 5.32 Å². The van der Waals surface area contributed by atoms with E-state index in [0.717, 1.165) is 16.6 Å². The molecule has 1 aromatic carbocycles. The molecule has 0 spiro atoms. The van der Waals surface area contributed by atoms with E-state index in [-0.39, 0.29) is 6.04 Å². The minimum Gasteiger partial charge on any atom is -0.346 e. The lowest BCUT2D eigenvalue weighted by atomic mass is 10.3. The van der Waals surface area contributed by atoms with E-state index in [9.17, 15) is 0 Å². The zero-order valence-electron chi connectivity index (χ0n) is 10.5. The number of rotatable bonds is 4. The lowest BCUT2D eigenvalue weighted by Crippen LogP contribution is -2.10. The summed E-state index contributed by atoms with van der Waals surface area (Å²) in [5.41, 5.74) is 1.09. The highest BCUT2D eigenvalue weighted by Gasteiger charge is 2.11. The summed E-state index contributed by atoms with van der Waals surface area (Å²) in [7, 11) is 0. The van der Waals surface area contributed by atoms with Gasteiger partial charge in [-0.1, -0.05) is 18.2 Å². The summed E-state index contributed by atoms with van der Waals surface area (Å²) < 4.78 is 2.03. The smallest absolute Gasteiger partial charge is 0.208 e. The molecule has 4 nitrogen and oxygen atoms in total. The second-order valence-corrected chi connectivity index (χ2v) is 5.12. The van der Waals surface area contributed by atoms with Crippen LogP contribution in [0.4, 0.5) is 5.95 Å². The highest BCUT2D eigenvalue weighted by atomic mass is 32.1. The van der Waals surface area contributed by atoms with E-state index in [1.807, 2.05) is 40.5 Å². The minimum atomic E-state index is 0.143. The Bertz CT molecular complexity index is 631. The van der Waals surface area contributed by atoms with E-state index in [4.69, 9.17) is 0 Å². The van der Waals surface area contributed by atoms with Crippen molar-refractivity contribution in [3.05, 3.63) is 59.3 Å². The second-order valence-electron chi connectivity index (χ2n) is 4.19. The van der Waals surface area contributed by atoms with Gasteiger partial charge in [-0.3, -0.25) is 4.57 Å². The Kier molecular flexibility index (Phi) is 3.29. The Balaban J connectivity index is 1.85. The van der Waals surface area contributed by atoms with Gasteiger partial charge >= 0.3 is 0 Å². The Morgan fingerprint density at radius 2 is 2.00 bits per heavy atom. The van der Waals surface area contributed by atoms with Crippen molar-refractivity contribution in [2.75, 3.05) is 5.32 Å². The first-order valence-corrected chi connectivity index (χ1v) is 6.97. The number of benzene rings is 1. The number of imidazole rings is 1. The summed E-state index contributed by atoms with van der Waals surface area (Å²) >= 11 is 1.64. The summed E-state index contributed by atoms with van der Waals surface area (Å²) in [5, 5.41) is 6.43. The second kappa shape index (κ2) is 5.24. The zero-order valence-corrected chi connectivity index (χ0v) is 11.3. The predicted molar refractivity (Wildman–Crippen MR) is 77.7 cm³/mol. The maximum absolute atomic E-state index is 4.37. The number of anilines is 1. The fraction of sp³-hybridized carbons (Fsp3) is 0.143. The standard InChI is InChI=1S/C14H14N4S/c1-11(13-15-8-10-19-13)17-14-16-7-9-18(14)12-5-3-2-4-6-12/h2-11H,1H3,(H,16,17). The lowest BCUT2D eigenvalue weighted by molar-refractivity contribution is 0.840. The van der Waals surface area contributed by atoms with Crippen LogP contribution in [0.5, 0.6) is 0 Å². The number of nitrogens with one attached hydrogen (secondary N) is 1. The molecule has 0 aliphatic heterocycles. The third kappa shape index (κ3) is 2.51. The van der Waals surface area contributed by atoms with E-state index >= 15 is 0 Å². The molecule has 0 aliphatic carbocycles. The van der Waals surface area contributed by atoms with Gasteiger partial charge in [0.1, 0.15) is 5.01 Å². The third-order valence-electron chi connectivity index (χ3n) is 2.84. The fourth-order valence-electron chi connectivity index (χ4n) is 1.91. The number of para-hydroxylation sites is 1. The van der Waals surface area contributed by atoms with Crippen LogP contribution in [0.1, 0.15) is 18.0 Å². The van der Waals surface area contributed by atoms with Gasteiger partial charge in [0, 0.05) is 29.7 Å². The van der Waals surface area contributed by atoms with Crippen molar-refractivity contribution in [2.45, 2.75) is 13.0 Å². The van der Waals surface area contributed by atoms with Gasteiger partial charge in [-0.25, -0.2) is 9.97 Å². The van der Waals surface area contributed by atoms with E-state index in [1.54, 1.807) is 17.5 Å². The van der Waals surface area contributed by atoms with E-state index < -0.39 is 0 Å². The summed E-state index contributed by atoms with van der Waals surface area (Å²) in [6.07, 6.45) is 5.57. The van der Waals surface area contributed by atoms with E-state index in [2.05, 4.69) is 34.3 Å². The number of hydrogen-bond acceptors (Lipinski definition) is 4. The van der Waals surface area contributed by atoms with Gasteiger partial charge in [0.05, 0.1) is 6.04 Å². The van der Waals surface area contributed by atoms with E-state index in [1.165, 1.54) is 0 Å². The van der Waals surface area contributed by atoms with Crippen LogP contribution in [0.2, 0.25) is 0 Å². The Morgan fingerprint density at radius 1 is 1.16 bits per heavy atom. The maximum Gasteiger partial charge on any atom is 0.208 e. The molecule has 5 heteroatoms. The van der Waals surface area contributed by atoms with Crippen LogP contribution < -0.4 is 5.32 Å². The molecule has 0 amide bonds. The molecule has 1 unspecified atom stereocenters. The van der Waals surface area contributed by atoms with Crippen LogP contribution in [0, 0.1) is 0 Å². The third-order valence-corrected chi connectivity index (χ3v) is 3.80. The molecule has 0 aliphatic rings. The zero-order chi connectivity index (χ0) is 13.1. The van der Waals surface area contributed by atoms with Crippen molar-refractivity contribution >= 4 is 17.3 Å². The molecule has 0 fully saturated rings. The molecule has 19 heavy (non-hydrogen) atoms. The van der Waals surface area contributed by atoms with Gasteiger partial charge in [0.2, 0.25) is 5.95 Å². The van der Waals surface area contributed by atoms with Crippen LogP contribution in [0.3, 0.4) is 0 Å². The summed E-state index contributed by atoms with van der Waals surface area (Å²) in [5.74, 6) is 0.828. The van der Waals surface area contributed by atoms with Gasteiger partial charge in [-0.2, -0.15) is 0 Å². The first-order chi connectivity index (χ1) is 9.34. The Hall–Kier alpha value is -2.14. The van der Waals surface area contributed by atoms with Crippen LogP contribution in [-0.2, 0) is 0 Å². The molecule has 3 aromatic rings. The molecule has 2 heterocycles. The molecule has 96 valence electrons. The Labute approximate surface area is 115 Å². The number of hydrogen-bond donors (Lipinski definition) is 1. The molecular formula is C14H14N4S. The first-order valence-electron chi connectivity index (χ1n) is 6.09. The van der Waals surface area contributed by atoms with Crippen molar-refractivity contribution < 1.29 is 0 Å². The molecule has 1 atom stereocenters. The largest absolute Gasteiger partial charge is 0.346 e. The fourth-order valence-corrected chi connectivity index (χ4v) is 2.56. The van der Waals surface area contributed by atoms with Crippen LogP contribution >= 0.6 is 11.3 Å². The van der Waals surface area contributed by atoms with E-state index in [0.29, 0.717) is 0 Å². The van der Waals surface area contributed by atoms with Crippen molar-refractivity contribution in [1.29, 1.82) is 0 Å². The average Bonchev–Trinajstić information content (AvgIpc) is 3.11. The summed E-state index contributed by atoms with van der Waals surface area (Å²) in [6, 6.07) is 10.3. The topological polar surface area (TPSA) is 42.7 Å². The number of nitrogens with zero attached hydrogens (tertiary/aromatic N) is 3. The van der Waals surface area contributed by atoms with Gasteiger partial charge in [0.15, 0.2) is 0 Å². The van der Waals surface area contributed by atoms with Crippen molar-refractivity contribution in [3.63, 3.8) is 0 Å². The van der Waals surface area contributed by atoms with Crippen molar-refractivity contribution in [2.24, 2.45) is 0 Å². The maximum atomic E-state index is 4.37. The molecule has 1 N–H and O–H groups in total. The molecule has 0 bridgehead atoms. The highest BCUT2D eigenvalue weighted by molar-refractivity contribution is 7.09. The van der Waals surface area contributed by atoms with Gasteiger partial charge in [0.25, 0.3) is 0 Å². The lowest BCUT2D eigenvalue weighted by Gasteiger charge is -2.14. The predicted octanol–water partition coefficient (Wildman–Crippen LogP) is 3.50. The molecule has 0 saturated carbocycles. The molecule has 0 radical (unpaired) electrons. The van der Waals surface area contributed by atoms with Crippen molar-refractivity contribution in [1.82, 2.24) is 14.5 Å². The average molecular weight is 270 g/mol.